The zero-order chi connectivity index (χ0) is 17.3. The summed E-state index contributed by atoms with van der Waals surface area (Å²) in [5.74, 6) is 0.444. The number of rotatable bonds is 4. The zero-order valence-electron chi connectivity index (χ0n) is 12.7. The molecule has 1 N–H and O–H groups in total. The number of aromatic amines is 1. The van der Waals surface area contributed by atoms with E-state index in [1.165, 1.54) is 16.7 Å². The quantitative estimate of drug-likeness (QED) is 0.445. The van der Waals surface area contributed by atoms with Crippen LogP contribution in [0.25, 0.3) is 11.0 Å². The topological polar surface area (TPSA) is 90.2 Å². The summed E-state index contributed by atoms with van der Waals surface area (Å²) in [5.41, 5.74) is 2.03. The normalized spacial score (nSPS) is 10.7. The van der Waals surface area contributed by atoms with Gasteiger partial charge in [0.1, 0.15) is 5.75 Å². The number of methoxy groups -OCH3 is 1. The molecule has 0 unspecified atom stereocenters. The van der Waals surface area contributed by atoms with Gasteiger partial charge in [-0.2, -0.15) is 0 Å². The van der Waals surface area contributed by atoms with Gasteiger partial charge in [-0.05, 0) is 29.9 Å². The predicted molar refractivity (Wildman–Crippen MR) is 91.1 cm³/mol. The number of nitro benzene ring substituents is 1. The van der Waals surface area contributed by atoms with Crippen molar-refractivity contribution >= 4 is 34.8 Å². The Kier molecular flexibility index (Phi) is 4.13. The summed E-state index contributed by atoms with van der Waals surface area (Å²) < 4.78 is 6.87. The first-order chi connectivity index (χ1) is 11.5. The lowest BCUT2D eigenvalue weighted by Crippen LogP contribution is -2.13. The second-order valence-electron chi connectivity index (χ2n) is 5.14. The van der Waals surface area contributed by atoms with Crippen LogP contribution in [0, 0.1) is 14.9 Å². The number of carbonyl (C=O) groups is 1. The Morgan fingerprint density at radius 2 is 2.00 bits per heavy atom. The molecule has 1 aromatic heterocycles. The lowest BCUT2D eigenvalue weighted by atomic mass is 10.1. The second-order valence-corrected chi connectivity index (χ2v) is 5.53. The molecule has 0 aliphatic carbocycles. The van der Waals surface area contributed by atoms with Gasteiger partial charge < -0.3 is 9.72 Å². The maximum atomic E-state index is 12.6. The maximum Gasteiger partial charge on any atom is 0.269 e. The number of ether oxygens (including phenoxy) is 1. The van der Waals surface area contributed by atoms with Gasteiger partial charge in [0.25, 0.3) is 5.69 Å². The molecule has 0 bridgehead atoms. The Bertz CT molecular complexity index is 989. The number of imidazole rings is 1. The molecule has 0 radical (unpaired) electrons. The Labute approximate surface area is 141 Å². The van der Waals surface area contributed by atoms with Crippen molar-refractivity contribution in [2.45, 2.75) is 6.42 Å². The van der Waals surface area contributed by atoms with Crippen LogP contribution in [0.15, 0.2) is 42.5 Å². The minimum absolute atomic E-state index is 0.0120. The standard InChI is InChI=1S/C16H13N3O4S/c1-23-12-6-7-14-13(9-12)17-16(24)18(14)15(20)8-10-2-4-11(5-3-10)19(21)22/h2-7,9H,8H2,1H3,(H,17,24). The highest BCUT2D eigenvalue weighted by Gasteiger charge is 2.14. The highest BCUT2D eigenvalue weighted by atomic mass is 32.1. The summed E-state index contributed by atoms with van der Waals surface area (Å²) in [6.45, 7) is 0. The number of aromatic nitrogens is 2. The summed E-state index contributed by atoms with van der Waals surface area (Å²) in [4.78, 5) is 25.8. The van der Waals surface area contributed by atoms with E-state index in [1.807, 2.05) is 0 Å². The molecule has 2 aromatic carbocycles. The molecular weight excluding hydrogens is 330 g/mol. The lowest BCUT2D eigenvalue weighted by Gasteiger charge is -2.04. The molecule has 7 nitrogen and oxygen atoms in total. The van der Waals surface area contributed by atoms with Crippen LogP contribution in [0.4, 0.5) is 5.69 Å². The van der Waals surface area contributed by atoms with Crippen molar-refractivity contribution in [3.05, 3.63) is 62.9 Å². The number of nitrogens with zero attached hydrogens (tertiary/aromatic N) is 2. The van der Waals surface area contributed by atoms with Gasteiger partial charge in [-0.15, -0.1) is 0 Å². The molecule has 0 spiro atoms. The SMILES string of the molecule is COc1ccc2c(c1)[nH]c(=S)n2C(=O)Cc1ccc([N+](=O)[O-])cc1. The fourth-order valence-corrected chi connectivity index (χ4v) is 2.76. The molecule has 0 aliphatic rings. The molecule has 0 atom stereocenters. The van der Waals surface area contributed by atoms with E-state index in [0.29, 0.717) is 27.1 Å². The number of nitro groups is 1. The highest BCUT2D eigenvalue weighted by Crippen LogP contribution is 2.21. The van der Waals surface area contributed by atoms with Gasteiger partial charge in [-0.3, -0.25) is 19.5 Å². The Hall–Kier alpha value is -3.00. The van der Waals surface area contributed by atoms with Crippen LogP contribution < -0.4 is 4.74 Å². The maximum absolute atomic E-state index is 12.6. The third kappa shape index (κ3) is 2.91. The monoisotopic (exact) mass is 343 g/mol. The molecule has 122 valence electrons. The van der Waals surface area contributed by atoms with Gasteiger partial charge in [-0.25, -0.2) is 0 Å². The van der Waals surface area contributed by atoms with E-state index in [4.69, 9.17) is 17.0 Å². The van der Waals surface area contributed by atoms with Crippen LogP contribution in [-0.4, -0.2) is 27.5 Å². The second kappa shape index (κ2) is 6.25. The first-order valence-electron chi connectivity index (χ1n) is 7.05. The Morgan fingerprint density at radius 1 is 1.29 bits per heavy atom. The Morgan fingerprint density at radius 3 is 2.62 bits per heavy atom. The number of H-pyrrole nitrogens is 1. The average Bonchev–Trinajstić information content (AvgIpc) is 2.90. The largest absolute Gasteiger partial charge is 0.497 e. The smallest absolute Gasteiger partial charge is 0.269 e. The lowest BCUT2D eigenvalue weighted by molar-refractivity contribution is -0.384. The van der Waals surface area contributed by atoms with Gasteiger partial charge in [0, 0.05) is 18.2 Å². The summed E-state index contributed by atoms with van der Waals surface area (Å²) in [5, 5.41) is 10.7. The van der Waals surface area contributed by atoms with E-state index in [0.717, 1.165) is 0 Å². The van der Waals surface area contributed by atoms with Crippen LogP contribution in [0.2, 0.25) is 0 Å². The number of benzene rings is 2. The number of non-ortho nitro benzene ring substituents is 1. The Balaban J connectivity index is 1.92. The highest BCUT2D eigenvalue weighted by molar-refractivity contribution is 7.71. The number of hydrogen-bond acceptors (Lipinski definition) is 5. The van der Waals surface area contributed by atoms with Crippen molar-refractivity contribution in [3.63, 3.8) is 0 Å². The predicted octanol–water partition coefficient (Wildman–Crippen LogP) is 3.50. The van der Waals surface area contributed by atoms with Crippen molar-refractivity contribution in [1.82, 2.24) is 9.55 Å². The van der Waals surface area contributed by atoms with Gasteiger partial charge >= 0.3 is 0 Å². The molecule has 8 heteroatoms. The third-order valence-corrected chi connectivity index (χ3v) is 3.93. The van der Waals surface area contributed by atoms with Crippen LogP contribution >= 0.6 is 12.2 Å². The first kappa shape index (κ1) is 15.9. The van der Waals surface area contributed by atoms with Gasteiger partial charge in [0.15, 0.2) is 4.77 Å². The van der Waals surface area contributed by atoms with E-state index in [9.17, 15) is 14.9 Å². The first-order valence-corrected chi connectivity index (χ1v) is 7.45. The van der Waals surface area contributed by atoms with Crippen molar-refractivity contribution in [3.8, 4) is 5.75 Å². The number of nitrogens with one attached hydrogen (secondary N) is 1. The van der Waals surface area contributed by atoms with Crippen molar-refractivity contribution in [2.24, 2.45) is 0 Å². The van der Waals surface area contributed by atoms with Gasteiger partial charge in [-0.1, -0.05) is 12.1 Å². The summed E-state index contributed by atoms with van der Waals surface area (Å²) in [7, 11) is 1.56. The molecule has 0 amide bonds. The minimum Gasteiger partial charge on any atom is -0.497 e. The van der Waals surface area contributed by atoms with E-state index < -0.39 is 4.92 Å². The fourth-order valence-electron chi connectivity index (χ4n) is 2.45. The van der Waals surface area contributed by atoms with Crippen molar-refractivity contribution in [2.75, 3.05) is 7.11 Å². The van der Waals surface area contributed by atoms with Crippen LogP contribution in [-0.2, 0) is 6.42 Å². The van der Waals surface area contributed by atoms with E-state index in [2.05, 4.69) is 4.98 Å². The van der Waals surface area contributed by atoms with Crippen molar-refractivity contribution in [1.29, 1.82) is 0 Å². The number of fused-ring (bicyclic) bond motifs is 1. The van der Waals surface area contributed by atoms with E-state index in [-0.39, 0.29) is 18.0 Å². The molecule has 24 heavy (non-hydrogen) atoms. The molecule has 0 fully saturated rings. The minimum atomic E-state index is -0.477. The third-order valence-electron chi connectivity index (χ3n) is 3.64. The molecule has 0 aliphatic heterocycles. The van der Waals surface area contributed by atoms with E-state index >= 15 is 0 Å². The zero-order valence-corrected chi connectivity index (χ0v) is 13.5. The fraction of sp³-hybridized carbons (Fsp3) is 0.125. The van der Waals surface area contributed by atoms with Gasteiger partial charge in [0.2, 0.25) is 5.91 Å². The molecule has 0 saturated heterocycles. The molecular formula is C16H13N3O4S. The molecule has 3 aromatic rings. The summed E-state index contributed by atoms with van der Waals surface area (Å²) in [6, 6.07) is 11.2. The number of hydrogen-bond donors (Lipinski definition) is 1. The summed E-state index contributed by atoms with van der Waals surface area (Å²) >= 11 is 5.24. The molecule has 3 rings (SSSR count). The molecule has 0 saturated carbocycles. The van der Waals surface area contributed by atoms with Crippen LogP contribution in [0.5, 0.6) is 5.75 Å². The molecule has 1 heterocycles. The average molecular weight is 343 g/mol. The van der Waals surface area contributed by atoms with E-state index in [1.54, 1.807) is 37.4 Å². The van der Waals surface area contributed by atoms with Crippen LogP contribution in [0.1, 0.15) is 10.4 Å². The van der Waals surface area contributed by atoms with Crippen molar-refractivity contribution < 1.29 is 14.5 Å². The summed E-state index contributed by atoms with van der Waals surface area (Å²) in [6.07, 6.45) is 0.0886. The van der Waals surface area contributed by atoms with Gasteiger partial charge in [0.05, 0.1) is 29.5 Å². The number of carbonyl (C=O) groups excluding carboxylic acids is 1. The van der Waals surface area contributed by atoms with Crippen LogP contribution in [0.3, 0.4) is 0 Å².